The van der Waals surface area contributed by atoms with Crippen molar-refractivity contribution in [1.82, 2.24) is 5.32 Å². The molecular formula is C13H26N2S. The van der Waals surface area contributed by atoms with Gasteiger partial charge in [-0.05, 0) is 43.8 Å². The topological polar surface area (TPSA) is 38.0 Å². The van der Waals surface area contributed by atoms with Gasteiger partial charge in [0, 0.05) is 23.4 Å². The van der Waals surface area contributed by atoms with Gasteiger partial charge in [-0.2, -0.15) is 11.8 Å². The molecule has 94 valence electrons. The summed E-state index contributed by atoms with van der Waals surface area (Å²) in [5, 5.41) is 4.58. The lowest BCUT2D eigenvalue weighted by atomic mass is 9.88. The van der Waals surface area contributed by atoms with E-state index in [2.05, 4.69) is 30.9 Å². The van der Waals surface area contributed by atoms with Gasteiger partial charge in [0.25, 0.3) is 0 Å². The highest BCUT2D eigenvalue weighted by Crippen LogP contribution is 2.36. The molecule has 2 rings (SSSR count). The molecule has 3 heteroatoms. The predicted octanol–water partition coefficient (Wildman–Crippen LogP) is 2.38. The minimum atomic E-state index is 0.220. The van der Waals surface area contributed by atoms with Crippen LogP contribution >= 0.6 is 11.8 Å². The molecule has 4 atom stereocenters. The number of hydrogen-bond acceptors (Lipinski definition) is 3. The zero-order valence-electron chi connectivity index (χ0n) is 10.7. The number of nitrogens with one attached hydrogen (secondary N) is 1. The van der Waals surface area contributed by atoms with E-state index in [0.29, 0.717) is 5.25 Å². The maximum absolute atomic E-state index is 6.07. The summed E-state index contributed by atoms with van der Waals surface area (Å²) in [6.45, 7) is 5.52. The normalized spacial score (nSPS) is 44.8. The highest BCUT2D eigenvalue weighted by Gasteiger charge is 2.39. The second-order valence-electron chi connectivity index (χ2n) is 5.74. The molecule has 2 nitrogen and oxygen atoms in total. The van der Waals surface area contributed by atoms with Crippen molar-refractivity contribution >= 4 is 11.8 Å². The highest BCUT2D eigenvalue weighted by atomic mass is 32.2. The Balaban J connectivity index is 1.97. The lowest BCUT2D eigenvalue weighted by molar-refractivity contribution is 0.261. The van der Waals surface area contributed by atoms with E-state index in [-0.39, 0.29) is 5.54 Å². The molecule has 0 spiro atoms. The Morgan fingerprint density at radius 2 is 2.19 bits per heavy atom. The molecule has 0 aromatic rings. The van der Waals surface area contributed by atoms with Crippen LogP contribution in [0.2, 0.25) is 0 Å². The van der Waals surface area contributed by atoms with E-state index in [1.807, 2.05) is 0 Å². The Hall–Kier alpha value is 0.270. The summed E-state index contributed by atoms with van der Waals surface area (Å²) in [7, 11) is 0. The maximum Gasteiger partial charge on any atom is 0.0423 e. The van der Waals surface area contributed by atoms with Gasteiger partial charge in [0.15, 0.2) is 0 Å². The molecule has 1 saturated carbocycles. The zero-order chi connectivity index (χ0) is 11.6. The number of thioether (sulfide) groups is 1. The van der Waals surface area contributed by atoms with Crippen LogP contribution in [0.25, 0.3) is 0 Å². The van der Waals surface area contributed by atoms with E-state index in [9.17, 15) is 0 Å². The largest absolute Gasteiger partial charge is 0.329 e. The van der Waals surface area contributed by atoms with Crippen LogP contribution in [0.15, 0.2) is 0 Å². The van der Waals surface area contributed by atoms with E-state index < -0.39 is 0 Å². The van der Waals surface area contributed by atoms with Crippen molar-refractivity contribution < 1.29 is 0 Å². The van der Waals surface area contributed by atoms with Crippen LogP contribution in [0.4, 0.5) is 0 Å². The Morgan fingerprint density at radius 1 is 1.38 bits per heavy atom. The van der Waals surface area contributed by atoms with Gasteiger partial charge < -0.3 is 11.1 Å². The molecule has 2 fully saturated rings. The summed E-state index contributed by atoms with van der Waals surface area (Å²) < 4.78 is 0. The summed E-state index contributed by atoms with van der Waals surface area (Å²) in [5.74, 6) is 2.21. The second kappa shape index (κ2) is 5.28. The molecule has 0 bridgehead atoms. The van der Waals surface area contributed by atoms with Crippen LogP contribution in [0.5, 0.6) is 0 Å². The number of hydrogen-bond donors (Lipinski definition) is 2. The Bertz CT molecular complexity index is 234. The van der Waals surface area contributed by atoms with Crippen LogP contribution < -0.4 is 11.1 Å². The van der Waals surface area contributed by atoms with Gasteiger partial charge in [-0.15, -0.1) is 0 Å². The summed E-state index contributed by atoms with van der Waals surface area (Å²) in [6, 6.07) is 0.722. The monoisotopic (exact) mass is 242 g/mol. The maximum atomic E-state index is 6.07. The van der Waals surface area contributed by atoms with Crippen molar-refractivity contribution in [3.8, 4) is 0 Å². The third-order valence-electron chi connectivity index (χ3n) is 4.46. The van der Waals surface area contributed by atoms with Crippen molar-refractivity contribution in [3.05, 3.63) is 0 Å². The first-order valence-electron chi connectivity index (χ1n) is 6.75. The summed E-state index contributed by atoms with van der Waals surface area (Å²) in [5.41, 5.74) is 6.29. The third kappa shape index (κ3) is 2.57. The van der Waals surface area contributed by atoms with Crippen LogP contribution in [0, 0.1) is 5.92 Å². The second-order valence-corrected chi connectivity index (χ2v) is 7.19. The van der Waals surface area contributed by atoms with Gasteiger partial charge in [-0.3, -0.25) is 0 Å². The van der Waals surface area contributed by atoms with Gasteiger partial charge in [-0.25, -0.2) is 0 Å². The van der Waals surface area contributed by atoms with Gasteiger partial charge in [0.2, 0.25) is 0 Å². The SMILES string of the molecule is CC1CCC(NC2(CN)CCCSC2C)C1. The molecule has 2 aliphatic rings. The average molecular weight is 242 g/mol. The fourth-order valence-electron chi connectivity index (χ4n) is 3.27. The Morgan fingerprint density at radius 3 is 2.75 bits per heavy atom. The number of rotatable bonds is 3. The minimum absolute atomic E-state index is 0.220. The molecule has 16 heavy (non-hydrogen) atoms. The summed E-state index contributed by atoms with van der Waals surface area (Å²) in [6.07, 6.45) is 6.67. The standard InChI is InChI=1S/C13H26N2S/c1-10-4-5-12(8-10)15-13(9-14)6-3-7-16-11(13)2/h10-12,15H,3-9,14H2,1-2H3. The molecule has 0 amide bonds. The molecule has 0 aromatic carbocycles. The van der Waals surface area contributed by atoms with Gasteiger partial charge >= 0.3 is 0 Å². The summed E-state index contributed by atoms with van der Waals surface area (Å²) in [4.78, 5) is 0. The molecule has 3 N–H and O–H groups in total. The average Bonchev–Trinajstić information content (AvgIpc) is 2.67. The van der Waals surface area contributed by atoms with Crippen molar-refractivity contribution in [2.45, 2.75) is 62.8 Å². The lowest BCUT2D eigenvalue weighted by Gasteiger charge is -2.44. The fraction of sp³-hybridized carbons (Fsp3) is 1.00. The zero-order valence-corrected chi connectivity index (χ0v) is 11.5. The summed E-state index contributed by atoms with van der Waals surface area (Å²) >= 11 is 2.09. The molecule has 0 aromatic heterocycles. The Labute approximate surface area is 104 Å². The fourth-order valence-corrected chi connectivity index (χ4v) is 4.54. The minimum Gasteiger partial charge on any atom is -0.329 e. The van der Waals surface area contributed by atoms with Crippen LogP contribution in [0.1, 0.15) is 46.0 Å². The highest BCUT2D eigenvalue weighted by molar-refractivity contribution is 8.00. The molecule has 1 aliphatic carbocycles. The van der Waals surface area contributed by atoms with Gasteiger partial charge in [0.1, 0.15) is 0 Å². The quantitative estimate of drug-likeness (QED) is 0.798. The molecule has 1 heterocycles. The first-order valence-corrected chi connectivity index (χ1v) is 7.80. The molecule has 1 aliphatic heterocycles. The molecule has 4 unspecified atom stereocenters. The Kier molecular flexibility index (Phi) is 4.20. The van der Waals surface area contributed by atoms with Crippen molar-refractivity contribution in [3.63, 3.8) is 0 Å². The first-order chi connectivity index (χ1) is 7.66. The third-order valence-corrected chi connectivity index (χ3v) is 5.94. The van der Waals surface area contributed by atoms with E-state index in [4.69, 9.17) is 5.73 Å². The molecule has 1 saturated heterocycles. The number of nitrogens with two attached hydrogens (primary N) is 1. The van der Waals surface area contributed by atoms with Crippen LogP contribution in [-0.4, -0.2) is 29.1 Å². The van der Waals surface area contributed by atoms with E-state index in [1.54, 1.807) is 0 Å². The molecule has 0 radical (unpaired) electrons. The first kappa shape index (κ1) is 12.7. The van der Waals surface area contributed by atoms with E-state index >= 15 is 0 Å². The van der Waals surface area contributed by atoms with Crippen LogP contribution in [0.3, 0.4) is 0 Å². The van der Waals surface area contributed by atoms with Crippen LogP contribution in [-0.2, 0) is 0 Å². The smallest absolute Gasteiger partial charge is 0.0423 e. The molecular weight excluding hydrogens is 216 g/mol. The van der Waals surface area contributed by atoms with E-state index in [1.165, 1.54) is 37.9 Å². The van der Waals surface area contributed by atoms with Crippen molar-refractivity contribution in [2.24, 2.45) is 11.7 Å². The van der Waals surface area contributed by atoms with Crippen molar-refractivity contribution in [1.29, 1.82) is 0 Å². The van der Waals surface area contributed by atoms with Gasteiger partial charge in [0.05, 0.1) is 0 Å². The van der Waals surface area contributed by atoms with E-state index in [0.717, 1.165) is 18.5 Å². The lowest BCUT2D eigenvalue weighted by Crippen LogP contribution is -2.61. The predicted molar refractivity (Wildman–Crippen MR) is 72.9 cm³/mol. The van der Waals surface area contributed by atoms with Gasteiger partial charge in [-0.1, -0.05) is 13.8 Å². The van der Waals surface area contributed by atoms with Crippen molar-refractivity contribution in [2.75, 3.05) is 12.3 Å².